The van der Waals surface area contributed by atoms with Gasteiger partial charge in [0.1, 0.15) is 6.04 Å². The van der Waals surface area contributed by atoms with Crippen molar-refractivity contribution in [3.05, 3.63) is 94.1 Å². The minimum Gasteiger partial charge on any atom is -0.384 e. The summed E-state index contributed by atoms with van der Waals surface area (Å²) < 4.78 is 27.2. The lowest BCUT2D eigenvalue weighted by molar-refractivity contribution is -0.155. The Morgan fingerprint density at radius 2 is 1.64 bits per heavy atom. The molecule has 1 aliphatic heterocycles. The first-order valence-corrected chi connectivity index (χ1v) is 16.1. The molecule has 12 heteroatoms. The fourth-order valence-corrected chi connectivity index (χ4v) is 6.39. The van der Waals surface area contributed by atoms with Gasteiger partial charge in [0.15, 0.2) is 5.03 Å². The summed E-state index contributed by atoms with van der Waals surface area (Å²) in [5, 5.41) is 14.7. The zero-order valence-electron chi connectivity index (χ0n) is 25.3. The Hall–Kier alpha value is -3.80. The average Bonchev–Trinajstić information content (AvgIpc) is 2.97. The molecule has 0 radical (unpaired) electrons. The van der Waals surface area contributed by atoms with Crippen LogP contribution in [0.1, 0.15) is 66.0 Å². The highest BCUT2D eigenvalue weighted by atomic mass is 35.5. The number of carbonyl (C=O) groups excluding carboxylic acids is 3. The molecule has 2 aromatic carbocycles. The summed E-state index contributed by atoms with van der Waals surface area (Å²) in [6.45, 7) is 9.72. The van der Waals surface area contributed by atoms with Crippen molar-refractivity contribution in [2.75, 3.05) is 13.1 Å². The smallest absolute Gasteiger partial charge is 0.281 e. The number of amides is 3. The monoisotopic (exact) mass is 640 g/mol. The van der Waals surface area contributed by atoms with Crippen LogP contribution >= 0.6 is 11.6 Å². The predicted octanol–water partition coefficient (Wildman–Crippen LogP) is 4.06. The van der Waals surface area contributed by atoms with Crippen molar-refractivity contribution in [3.8, 4) is 0 Å². The maximum atomic E-state index is 13.7. The van der Waals surface area contributed by atoms with Crippen LogP contribution in [0.15, 0.2) is 71.9 Å². The van der Waals surface area contributed by atoms with E-state index in [2.05, 4.69) is 10.3 Å². The van der Waals surface area contributed by atoms with Gasteiger partial charge in [0, 0.05) is 40.9 Å². The number of nitrogens with one attached hydrogen (secondary N) is 2. The molecule has 44 heavy (non-hydrogen) atoms. The Labute approximate surface area is 262 Å². The first-order valence-electron chi connectivity index (χ1n) is 14.2. The van der Waals surface area contributed by atoms with Crippen LogP contribution in [-0.4, -0.2) is 60.3 Å². The molecule has 2 heterocycles. The molecule has 1 aliphatic rings. The van der Waals surface area contributed by atoms with Crippen LogP contribution in [0.3, 0.4) is 0 Å². The lowest BCUT2D eigenvalue weighted by Crippen LogP contribution is -2.60. The van der Waals surface area contributed by atoms with Crippen molar-refractivity contribution in [1.29, 1.82) is 0 Å². The van der Waals surface area contributed by atoms with E-state index in [4.69, 9.17) is 11.6 Å². The first-order chi connectivity index (χ1) is 20.5. The van der Waals surface area contributed by atoms with Crippen LogP contribution in [0.2, 0.25) is 5.02 Å². The molecule has 0 aliphatic carbocycles. The van der Waals surface area contributed by atoms with Gasteiger partial charge in [0.2, 0.25) is 5.91 Å². The van der Waals surface area contributed by atoms with E-state index >= 15 is 0 Å². The Morgan fingerprint density at radius 1 is 1.00 bits per heavy atom. The summed E-state index contributed by atoms with van der Waals surface area (Å²) in [6.07, 6.45) is 1.67. The maximum absolute atomic E-state index is 13.7. The summed E-state index contributed by atoms with van der Waals surface area (Å²) in [7, 11) is -4.23. The third kappa shape index (κ3) is 6.95. The Morgan fingerprint density at radius 3 is 2.20 bits per heavy atom. The second-order valence-corrected chi connectivity index (χ2v) is 14.2. The van der Waals surface area contributed by atoms with Gasteiger partial charge < -0.3 is 15.3 Å². The van der Waals surface area contributed by atoms with Gasteiger partial charge >= 0.3 is 0 Å². The molecule has 234 valence electrons. The number of benzene rings is 2. The van der Waals surface area contributed by atoms with Crippen molar-refractivity contribution >= 4 is 39.3 Å². The number of aliphatic hydroxyl groups is 1. The molecule has 1 fully saturated rings. The van der Waals surface area contributed by atoms with Crippen molar-refractivity contribution < 1.29 is 27.9 Å². The molecule has 4 rings (SSSR count). The molecule has 1 aromatic heterocycles. The number of hydrogen-bond acceptors (Lipinski definition) is 7. The molecule has 10 nitrogen and oxygen atoms in total. The number of aromatic nitrogens is 1. The molecule has 0 saturated carbocycles. The summed E-state index contributed by atoms with van der Waals surface area (Å²) >= 11 is 6.04. The van der Waals surface area contributed by atoms with E-state index in [9.17, 15) is 27.9 Å². The minimum absolute atomic E-state index is 0.0555. The van der Waals surface area contributed by atoms with Crippen molar-refractivity contribution in [2.45, 2.75) is 57.7 Å². The lowest BCUT2D eigenvalue weighted by Gasteiger charge is -2.51. The second kappa shape index (κ2) is 12.7. The van der Waals surface area contributed by atoms with Crippen molar-refractivity contribution in [1.82, 2.24) is 19.9 Å². The number of sulfonamides is 1. The third-order valence-corrected chi connectivity index (χ3v) is 9.57. The number of hydrogen-bond donors (Lipinski definition) is 3. The highest BCUT2D eigenvalue weighted by Crippen LogP contribution is 2.46. The number of rotatable bonds is 8. The molecule has 3 amide bonds. The molecule has 1 saturated heterocycles. The van der Waals surface area contributed by atoms with Crippen LogP contribution < -0.4 is 10.0 Å². The number of piperidine rings is 1. The van der Waals surface area contributed by atoms with Gasteiger partial charge in [-0.1, -0.05) is 63.6 Å². The predicted molar refractivity (Wildman–Crippen MR) is 166 cm³/mol. The van der Waals surface area contributed by atoms with Gasteiger partial charge in [-0.15, -0.1) is 0 Å². The molecule has 3 aromatic rings. The first kappa shape index (κ1) is 33.1. The van der Waals surface area contributed by atoms with E-state index < -0.39 is 38.9 Å². The Balaban J connectivity index is 1.47. The normalized spacial score (nSPS) is 18.9. The molecular formula is C32H37ClN4O6S. The highest BCUT2D eigenvalue weighted by molar-refractivity contribution is 7.90. The largest absolute Gasteiger partial charge is 0.384 e. The third-order valence-electron chi connectivity index (χ3n) is 8.08. The van der Waals surface area contributed by atoms with Gasteiger partial charge in [-0.25, -0.2) is 9.71 Å². The van der Waals surface area contributed by atoms with Crippen LogP contribution in [0.25, 0.3) is 0 Å². The van der Waals surface area contributed by atoms with E-state index in [-0.39, 0.29) is 41.1 Å². The number of carbonyl (C=O) groups is 3. The molecule has 0 bridgehead atoms. The molecule has 0 spiro atoms. The second-order valence-electron chi connectivity index (χ2n) is 12.1. The Kier molecular flexibility index (Phi) is 9.53. The van der Waals surface area contributed by atoms with Crippen LogP contribution in [-0.2, 0) is 20.4 Å². The number of likely N-dealkylation sites (tertiary alicyclic amines) is 1. The highest BCUT2D eigenvalue weighted by Gasteiger charge is 2.50. The summed E-state index contributed by atoms with van der Waals surface area (Å²) in [5.74, 6) is -2.08. The van der Waals surface area contributed by atoms with E-state index in [0.29, 0.717) is 11.4 Å². The molecule has 0 unspecified atom stereocenters. The van der Waals surface area contributed by atoms with Gasteiger partial charge in [-0.05, 0) is 66.8 Å². The fourth-order valence-electron chi connectivity index (χ4n) is 5.35. The minimum atomic E-state index is -4.23. The van der Waals surface area contributed by atoms with Crippen molar-refractivity contribution in [3.63, 3.8) is 0 Å². The number of halogens is 1. The summed E-state index contributed by atoms with van der Waals surface area (Å²) in [4.78, 5) is 45.4. The average molecular weight is 641 g/mol. The van der Waals surface area contributed by atoms with Gasteiger partial charge in [-0.3, -0.25) is 14.4 Å². The van der Waals surface area contributed by atoms with E-state index in [1.165, 1.54) is 36.5 Å². The van der Waals surface area contributed by atoms with Crippen LogP contribution in [0.4, 0.5) is 0 Å². The van der Waals surface area contributed by atoms with E-state index in [1.54, 1.807) is 42.2 Å². The van der Waals surface area contributed by atoms with Crippen molar-refractivity contribution in [2.24, 2.45) is 11.3 Å². The van der Waals surface area contributed by atoms with Crippen LogP contribution in [0.5, 0.6) is 0 Å². The topological polar surface area (TPSA) is 146 Å². The molecule has 3 N–H and O–H groups in total. The molecule has 2 atom stereocenters. The zero-order chi connectivity index (χ0) is 32.4. The fraction of sp³-hybridized carbons (Fsp3) is 0.375. The standard InChI is InChI=1S/C32H37ClN4O6S/c1-20(2)27(30(40)37-16-15-32(41,31(4,5)19-37)24-10-12-25(33)13-11-24)35-28(38)22-7-6-8-23(17-22)29(39)36-44(42,43)26-14-9-21(3)18-34-26/h6-14,17-18,20,27,41H,15-16,19H2,1-5H3,(H,35,38)(H,36,39)/t27-,32+/m1/s1. The maximum Gasteiger partial charge on any atom is 0.281 e. The summed E-state index contributed by atoms with van der Waals surface area (Å²) in [5.41, 5.74) is -0.390. The van der Waals surface area contributed by atoms with Gasteiger partial charge in [-0.2, -0.15) is 8.42 Å². The quantitative estimate of drug-likeness (QED) is 0.337. The number of pyridine rings is 1. The Bertz CT molecular complexity index is 1660. The lowest BCUT2D eigenvalue weighted by atomic mass is 9.66. The number of aryl methyl sites for hydroxylation is 1. The SMILES string of the molecule is Cc1ccc(S(=O)(=O)NC(=O)c2cccc(C(=O)N[C@@H](C(=O)N3CC[C@](O)(c4ccc(Cl)cc4)C(C)(C)C3)C(C)C)c2)nc1. The van der Waals surface area contributed by atoms with E-state index in [1.807, 2.05) is 32.4 Å². The molecular weight excluding hydrogens is 604 g/mol. The summed E-state index contributed by atoms with van der Waals surface area (Å²) in [6, 6.07) is 14.6. The zero-order valence-corrected chi connectivity index (χ0v) is 26.9. The van der Waals surface area contributed by atoms with Crippen LogP contribution in [0, 0.1) is 18.3 Å². The van der Waals surface area contributed by atoms with Gasteiger partial charge in [0.05, 0.1) is 5.60 Å². The number of nitrogens with zero attached hydrogens (tertiary/aromatic N) is 2. The van der Waals surface area contributed by atoms with E-state index in [0.717, 1.165) is 11.1 Å². The van der Waals surface area contributed by atoms with Gasteiger partial charge in [0.25, 0.3) is 21.8 Å².